The van der Waals surface area contributed by atoms with Crippen LogP contribution in [0.1, 0.15) is 82.0 Å². The number of nitrogens with one attached hydrogen (secondary N) is 2. The van der Waals surface area contributed by atoms with E-state index < -0.39 is 41.7 Å². The number of likely N-dealkylation sites (N-methyl/N-ethyl adjacent to an activating group) is 1. The van der Waals surface area contributed by atoms with Crippen molar-refractivity contribution in [2.75, 3.05) is 31.6 Å². The molecule has 1 fully saturated rings. The van der Waals surface area contributed by atoms with Crippen molar-refractivity contribution in [1.82, 2.24) is 35.2 Å². The lowest BCUT2D eigenvalue weighted by Gasteiger charge is -2.29. The van der Waals surface area contributed by atoms with Crippen molar-refractivity contribution in [2.24, 2.45) is 0 Å². The lowest BCUT2D eigenvalue weighted by atomic mass is 9.98. The van der Waals surface area contributed by atoms with Gasteiger partial charge in [0.15, 0.2) is 5.82 Å². The third kappa shape index (κ3) is 7.27. The number of aromatic hydroxyl groups is 2. The summed E-state index contributed by atoms with van der Waals surface area (Å²) in [7, 11) is 1.52. The van der Waals surface area contributed by atoms with Crippen LogP contribution in [0, 0.1) is 0 Å². The zero-order valence-electron chi connectivity index (χ0n) is 30.6. The number of hydrogen-bond acceptors (Lipinski definition) is 10. The molecule has 1 aromatic heterocycles. The molecule has 17 heteroatoms. The number of amides is 6. The molecule has 2 aliphatic rings. The summed E-state index contributed by atoms with van der Waals surface area (Å²) in [6.45, 7) is 5.61. The van der Waals surface area contributed by atoms with Gasteiger partial charge in [0.05, 0.1) is 11.3 Å². The Kier molecular flexibility index (Phi) is 10.6. The van der Waals surface area contributed by atoms with Crippen molar-refractivity contribution in [1.29, 1.82) is 0 Å². The molecule has 6 amide bonds. The average molecular weight is 753 g/mol. The number of hydrogen-bond donors (Lipinski definition) is 5. The minimum absolute atomic E-state index is 0.0251. The summed E-state index contributed by atoms with van der Waals surface area (Å²) in [6, 6.07) is 12.8. The predicted octanol–water partition coefficient (Wildman–Crippen LogP) is 3.24. The second-order valence-corrected chi connectivity index (χ2v) is 13.5. The van der Waals surface area contributed by atoms with E-state index in [0.29, 0.717) is 23.4 Å². The van der Waals surface area contributed by atoms with Gasteiger partial charge >= 0.3 is 6.09 Å². The van der Waals surface area contributed by atoms with Gasteiger partial charge in [-0.1, -0.05) is 19.9 Å². The summed E-state index contributed by atoms with van der Waals surface area (Å²) in [5, 5.41) is 44.7. The number of carbonyl (C=O) groups is 6. The van der Waals surface area contributed by atoms with Crippen LogP contribution < -0.4 is 15.5 Å². The van der Waals surface area contributed by atoms with E-state index >= 15 is 0 Å². The monoisotopic (exact) mass is 752 g/mol. The first-order chi connectivity index (χ1) is 26.2. The molecule has 6 rings (SSSR count). The fourth-order valence-electron chi connectivity index (χ4n) is 6.79. The Hall–Kier alpha value is -6.78. The molecule has 1 saturated heterocycles. The zero-order valence-corrected chi connectivity index (χ0v) is 30.6. The van der Waals surface area contributed by atoms with E-state index in [2.05, 4.69) is 20.8 Å². The van der Waals surface area contributed by atoms with Gasteiger partial charge in [0, 0.05) is 68.1 Å². The number of carboxylic acid groups (broad SMARTS) is 1. The molecule has 3 heterocycles. The number of imide groups is 1. The Balaban J connectivity index is 1.22. The van der Waals surface area contributed by atoms with Gasteiger partial charge in [0.1, 0.15) is 17.5 Å². The quantitative estimate of drug-likeness (QED) is 0.140. The Morgan fingerprint density at radius 3 is 2.36 bits per heavy atom. The highest BCUT2D eigenvalue weighted by Crippen LogP contribution is 2.38. The van der Waals surface area contributed by atoms with Gasteiger partial charge in [0.25, 0.3) is 17.7 Å². The third-order valence-corrected chi connectivity index (χ3v) is 9.67. The fraction of sp³-hybridized carbons (Fsp3) is 0.316. The lowest BCUT2D eigenvalue weighted by molar-refractivity contribution is -0.136. The molecule has 1 atom stereocenters. The Morgan fingerprint density at radius 1 is 0.982 bits per heavy atom. The largest absolute Gasteiger partial charge is 0.508 e. The molecule has 1 unspecified atom stereocenters. The van der Waals surface area contributed by atoms with Crippen molar-refractivity contribution in [2.45, 2.75) is 52.1 Å². The first-order valence-electron chi connectivity index (χ1n) is 17.6. The van der Waals surface area contributed by atoms with Crippen LogP contribution in [-0.2, 0) is 16.1 Å². The second kappa shape index (κ2) is 15.3. The predicted molar refractivity (Wildman–Crippen MR) is 197 cm³/mol. The summed E-state index contributed by atoms with van der Waals surface area (Å²) in [5.74, 6) is -2.81. The molecular weight excluding hydrogens is 712 g/mol. The Bertz CT molecular complexity index is 2220. The smallest absolute Gasteiger partial charge is 0.411 e. The molecule has 0 bridgehead atoms. The number of phenols is 2. The number of aromatic nitrogens is 3. The number of phenolic OH excluding ortho intramolecular Hbond substituents is 2. The molecule has 0 saturated carbocycles. The third-order valence-electron chi connectivity index (χ3n) is 9.67. The molecule has 17 nitrogen and oxygen atoms in total. The summed E-state index contributed by atoms with van der Waals surface area (Å²) in [6.07, 6.45) is -1.07. The normalized spacial score (nSPS) is 15.2. The summed E-state index contributed by atoms with van der Waals surface area (Å²) < 4.78 is 1.44. The number of fused-ring (bicyclic) bond motifs is 1. The number of nitrogens with zero attached hydrogens (tertiary/aromatic N) is 6. The highest BCUT2D eigenvalue weighted by Gasteiger charge is 2.40. The van der Waals surface area contributed by atoms with Crippen molar-refractivity contribution in [3.05, 3.63) is 82.7 Å². The topological polar surface area (TPSA) is 228 Å². The van der Waals surface area contributed by atoms with Gasteiger partial charge in [0.2, 0.25) is 17.6 Å². The van der Waals surface area contributed by atoms with Gasteiger partial charge in [-0.3, -0.25) is 38.8 Å². The van der Waals surface area contributed by atoms with Gasteiger partial charge in [-0.25, -0.2) is 4.79 Å². The van der Waals surface area contributed by atoms with E-state index in [0.717, 1.165) is 4.90 Å². The minimum atomic E-state index is -1.31. The van der Waals surface area contributed by atoms with Crippen LogP contribution in [0.5, 0.6) is 11.5 Å². The maximum atomic E-state index is 13.6. The lowest BCUT2D eigenvalue weighted by Crippen LogP contribution is -2.52. The van der Waals surface area contributed by atoms with Crippen LogP contribution in [0.4, 0.5) is 10.5 Å². The highest BCUT2D eigenvalue weighted by atomic mass is 16.4. The number of piperidine rings is 1. The van der Waals surface area contributed by atoms with Crippen LogP contribution in [-0.4, -0.2) is 108 Å². The number of carbonyl (C=O) groups excluding carboxylic acids is 5. The zero-order chi connectivity index (χ0) is 39.7. The standard InChI is InChI=1S/C38H40N8O9/c1-5-39-35(51)33-42-41-32(25-17-24(20(2)3)29(47)18-30(25)48)46(33)22-11-9-21(10-12-22)36(52)43(4)15-16-44(38(54)55)27-8-6-7-23-26(27)19-45(37(23)53)28-13-14-31(49)40-34(28)50/h6-12,17-18,20,28,47-48H,5,13-16,19H2,1-4H3,(H,39,51)(H,54,55)(H,40,49,50). The molecule has 5 N–H and O–H groups in total. The van der Waals surface area contributed by atoms with Crippen molar-refractivity contribution >= 4 is 41.3 Å². The molecule has 4 aromatic rings. The van der Waals surface area contributed by atoms with Crippen molar-refractivity contribution < 1.29 is 44.1 Å². The van der Waals surface area contributed by atoms with E-state index in [4.69, 9.17) is 0 Å². The van der Waals surface area contributed by atoms with Crippen molar-refractivity contribution in [3.63, 3.8) is 0 Å². The van der Waals surface area contributed by atoms with E-state index in [9.17, 15) is 44.1 Å². The van der Waals surface area contributed by atoms with E-state index in [1.54, 1.807) is 43.3 Å². The summed E-state index contributed by atoms with van der Waals surface area (Å²) in [4.78, 5) is 80.4. The average Bonchev–Trinajstić information content (AvgIpc) is 3.73. The summed E-state index contributed by atoms with van der Waals surface area (Å²) in [5.41, 5.74) is 2.34. The summed E-state index contributed by atoms with van der Waals surface area (Å²) >= 11 is 0. The molecule has 0 spiro atoms. The SMILES string of the molecule is CCNC(=O)c1nnc(-c2cc(C(C)C)c(O)cc2O)n1-c1ccc(C(=O)N(C)CCN(C(=O)O)c2cccc3c2CN(C2CCC(=O)NC2=O)C3=O)cc1. The molecular formula is C38H40N8O9. The number of anilines is 1. The van der Waals surface area contributed by atoms with Crippen molar-refractivity contribution in [3.8, 4) is 28.6 Å². The van der Waals surface area contributed by atoms with Crippen LogP contribution >= 0.6 is 0 Å². The van der Waals surface area contributed by atoms with E-state index in [1.807, 2.05) is 13.8 Å². The molecule has 0 aliphatic carbocycles. The van der Waals surface area contributed by atoms with Crippen LogP contribution in [0.15, 0.2) is 54.6 Å². The minimum Gasteiger partial charge on any atom is -0.508 e. The fourth-order valence-corrected chi connectivity index (χ4v) is 6.79. The molecule has 55 heavy (non-hydrogen) atoms. The molecule has 2 aliphatic heterocycles. The van der Waals surface area contributed by atoms with Gasteiger partial charge in [-0.2, -0.15) is 0 Å². The van der Waals surface area contributed by atoms with Crippen LogP contribution in [0.25, 0.3) is 17.1 Å². The number of rotatable bonds is 11. The highest BCUT2D eigenvalue weighted by molar-refractivity contribution is 6.06. The molecule has 0 radical (unpaired) electrons. The van der Waals surface area contributed by atoms with Crippen LogP contribution in [0.2, 0.25) is 0 Å². The van der Waals surface area contributed by atoms with E-state index in [1.165, 1.54) is 39.6 Å². The second-order valence-electron chi connectivity index (χ2n) is 13.5. The van der Waals surface area contributed by atoms with E-state index in [-0.39, 0.29) is 83.9 Å². The van der Waals surface area contributed by atoms with Gasteiger partial charge < -0.3 is 30.4 Å². The molecule has 286 valence electrons. The first kappa shape index (κ1) is 38.0. The number of benzene rings is 3. The maximum absolute atomic E-state index is 13.6. The van der Waals surface area contributed by atoms with Gasteiger partial charge in [-0.05, 0) is 67.3 Å². The Morgan fingerprint density at radius 2 is 1.71 bits per heavy atom. The molecule has 3 aromatic carbocycles. The van der Waals surface area contributed by atoms with Gasteiger partial charge in [-0.15, -0.1) is 10.2 Å². The maximum Gasteiger partial charge on any atom is 0.411 e. The Labute approximate surface area is 315 Å². The first-order valence-corrected chi connectivity index (χ1v) is 17.6. The van der Waals surface area contributed by atoms with Crippen LogP contribution in [0.3, 0.4) is 0 Å².